The second-order valence-corrected chi connectivity index (χ2v) is 3.98. The van der Waals surface area contributed by atoms with E-state index in [9.17, 15) is 19.7 Å². The molecule has 8 heteroatoms. The zero-order valence-electron chi connectivity index (χ0n) is 10.7. The van der Waals surface area contributed by atoms with Crippen LogP contribution in [0.2, 0.25) is 0 Å². The number of aliphatic carboxylic acids is 1. The predicted octanol–water partition coefficient (Wildman–Crippen LogP) is 0.870. The first-order valence-corrected chi connectivity index (χ1v) is 5.68. The number of hydrogen-bond donors (Lipinski definition) is 1. The third-order valence-electron chi connectivity index (χ3n) is 2.68. The zero-order chi connectivity index (χ0) is 14.6. The Morgan fingerprint density at radius 3 is 2.58 bits per heavy atom. The fourth-order valence-corrected chi connectivity index (χ4v) is 1.66. The van der Waals surface area contributed by atoms with Gasteiger partial charge in [-0.3, -0.25) is 19.7 Å². The number of aryl methyl sites for hydroxylation is 1. The second-order valence-electron chi connectivity index (χ2n) is 3.98. The van der Waals surface area contributed by atoms with Gasteiger partial charge in [-0.05, 0) is 6.92 Å². The molecule has 104 valence electrons. The topological polar surface area (TPSA) is 106 Å². The van der Waals surface area contributed by atoms with Gasteiger partial charge >= 0.3 is 5.97 Å². The van der Waals surface area contributed by atoms with Crippen molar-refractivity contribution in [3.8, 4) is 0 Å². The molecule has 0 aliphatic heterocycles. The van der Waals surface area contributed by atoms with Crippen LogP contribution in [0.1, 0.15) is 23.8 Å². The maximum atomic E-state index is 12.1. The van der Waals surface area contributed by atoms with E-state index in [0.29, 0.717) is 6.54 Å². The van der Waals surface area contributed by atoms with Gasteiger partial charge in [-0.15, -0.1) is 0 Å². The fourth-order valence-electron chi connectivity index (χ4n) is 1.66. The molecule has 0 fully saturated rings. The Kier molecular flexibility index (Phi) is 4.62. The monoisotopic (exact) mass is 269 g/mol. The number of carbonyl (C=O) groups is 2. The van der Waals surface area contributed by atoms with Crippen molar-refractivity contribution in [3.05, 3.63) is 28.1 Å². The molecule has 0 aromatic carbocycles. The van der Waals surface area contributed by atoms with Crippen molar-refractivity contribution >= 4 is 17.6 Å². The minimum absolute atomic E-state index is 0.0731. The van der Waals surface area contributed by atoms with E-state index < -0.39 is 16.8 Å². The summed E-state index contributed by atoms with van der Waals surface area (Å²) >= 11 is 0. The Hall–Kier alpha value is -2.38. The molecule has 0 atom stereocenters. The number of carbonyl (C=O) groups excluding carboxylic acids is 1. The van der Waals surface area contributed by atoms with E-state index in [1.54, 1.807) is 6.92 Å². The lowest BCUT2D eigenvalue weighted by molar-refractivity contribution is -0.384. The first kappa shape index (κ1) is 14.7. The van der Waals surface area contributed by atoms with Gasteiger partial charge < -0.3 is 14.6 Å². The molecule has 19 heavy (non-hydrogen) atoms. The van der Waals surface area contributed by atoms with Crippen molar-refractivity contribution in [1.82, 2.24) is 9.47 Å². The van der Waals surface area contributed by atoms with Gasteiger partial charge in [0.2, 0.25) is 0 Å². The summed E-state index contributed by atoms with van der Waals surface area (Å²) < 4.78 is 1.36. The van der Waals surface area contributed by atoms with Gasteiger partial charge in [-0.25, -0.2) is 0 Å². The van der Waals surface area contributed by atoms with Gasteiger partial charge in [0.1, 0.15) is 5.69 Å². The SMILES string of the molecule is CCN(CCC(=O)O)C(=O)c1cc([N+](=O)[O-])cn1C. The summed E-state index contributed by atoms with van der Waals surface area (Å²) in [5, 5.41) is 19.2. The van der Waals surface area contributed by atoms with Crippen LogP contribution in [0, 0.1) is 10.1 Å². The first-order valence-electron chi connectivity index (χ1n) is 5.68. The second kappa shape index (κ2) is 5.98. The Labute approximate surface area is 109 Å². The van der Waals surface area contributed by atoms with Crippen molar-refractivity contribution < 1.29 is 19.6 Å². The molecule has 0 aliphatic rings. The highest BCUT2D eigenvalue weighted by Crippen LogP contribution is 2.16. The highest BCUT2D eigenvalue weighted by atomic mass is 16.6. The lowest BCUT2D eigenvalue weighted by Crippen LogP contribution is -2.33. The van der Waals surface area contributed by atoms with Crippen LogP contribution in [-0.4, -0.2) is 44.5 Å². The summed E-state index contributed by atoms with van der Waals surface area (Å²) in [5.41, 5.74) is -0.000855. The number of carboxylic acids is 1. The quantitative estimate of drug-likeness (QED) is 0.609. The van der Waals surface area contributed by atoms with Crippen molar-refractivity contribution in [2.75, 3.05) is 13.1 Å². The molecule has 0 saturated heterocycles. The molecule has 1 amide bonds. The van der Waals surface area contributed by atoms with E-state index in [-0.39, 0.29) is 24.3 Å². The van der Waals surface area contributed by atoms with E-state index in [2.05, 4.69) is 0 Å². The van der Waals surface area contributed by atoms with Crippen molar-refractivity contribution in [2.24, 2.45) is 7.05 Å². The largest absolute Gasteiger partial charge is 0.481 e. The number of hydrogen-bond acceptors (Lipinski definition) is 4. The Bertz CT molecular complexity index is 508. The number of carboxylic acid groups (broad SMARTS) is 1. The average Bonchev–Trinajstić information content (AvgIpc) is 2.71. The first-order chi connectivity index (χ1) is 8.86. The molecule has 1 N–H and O–H groups in total. The third-order valence-corrected chi connectivity index (χ3v) is 2.68. The van der Waals surface area contributed by atoms with Crippen LogP contribution in [-0.2, 0) is 11.8 Å². The summed E-state index contributed by atoms with van der Waals surface area (Å²) in [7, 11) is 1.53. The van der Waals surface area contributed by atoms with Crippen LogP contribution in [0.25, 0.3) is 0 Å². The lowest BCUT2D eigenvalue weighted by atomic mass is 10.3. The summed E-state index contributed by atoms with van der Waals surface area (Å²) in [4.78, 5) is 34.0. The molecule has 0 radical (unpaired) electrons. The van der Waals surface area contributed by atoms with Gasteiger partial charge in [0.05, 0.1) is 17.5 Å². The molecular weight excluding hydrogens is 254 g/mol. The number of amides is 1. The molecule has 0 spiro atoms. The molecule has 0 unspecified atom stereocenters. The van der Waals surface area contributed by atoms with Gasteiger partial charge in [0.25, 0.3) is 11.6 Å². The van der Waals surface area contributed by atoms with E-state index in [0.717, 1.165) is 0 Å². The standard InChI is InChI=1S/C11H15N3O5/c1-3-13(5-4-10(15)16)11(17)9-6-8(14(18)19)7-12(9)2/h6-7H,3-5H2,1-2H3,(H,15,16). The summed E-state index contributed by atoms with van der Waals surface area (Å²) in [6, 6.07) is 1.19. The molecular formula is C11H15N3O5. The highest BCUT2D eigenvalue weighted by molar-refractivity contribution is 5.93. The average molecular weight is 269 g/mol. The van der Waals surface area contributed by atoms with Crippen LogP contribution in [0.5, 0.6) is 0 Å². The summed E-state index contributed by atoms with van der Waals surface area (Å²) in [5.74, 6) is -1.41. The molecule has 1 heterocycles. The van der Waals surface area contributed by atoms with Gasteiger partial charge in [0, 0.05) is 26.2 Å². The number of nitrogens with zero attached hydrogens (tertiary/aromatic N) is 3. The summed E-state index contributed by atoms with van der Waals surface area (Å²) in [6.45, 7) is 2.13. The van der Waals surface area contributed by atoms with Crippen molar-refractivity contribution in [2.45, 2.75) is 13.3 Å². The Morgan fingerprint density at radius 2 is 2.16 bits per heavy atom. The Balaban J connectivity index is 2.90. The van der Waals surface area contributed by atoms with E-state index in [1.165, 1.54) is 28.8 Å². The number of rotatable bonds is 6. The van der Waals surface area contributed by atoms with Gasteiger partial charge in [-0.2, -0.15) is 0 Å². The summed E-state index contributed by atoms with van der Waals surface area (Å²) in [6.07, 6.45) is 1.09. The van der Waals surface area contributed by atoms with Crippen LogP contribution in [0.4, 0.5) is 5.69 Å². The minimum Gasteiger partial charge on any atom is -0.481 e. The van der Waals surface area contributed by atoms with Crippen LogP contribution < -0.4 is 0 Å². The minimum atomic E-state index is -0.996. The van der Waals surface area contributed by atoms with Crippen LogP contribution in [0.15, 0.2) is 12.3 Å². The van der Waals surface area contributed by atoms with Crippen molar-refractivity contribution in [1.29, 1.82) is 0 Å². The lowest BCUT2D eigenvalue weighted by Gasteiger charge is -2.19. The molecule has 8 nitrogen and oxygen atoms in total. The Morgan fingerprint density at radius 1 is 1.53 bits per heavy atom. The van der Waals surface area contributed by atoms with Gasteiger partial charge in [-0.1, -0.05) is 0 Å². The molecule has 0 aliphatic carbocycles. The van der Waals surface area contributed by atoms with E-state index in [4.69, 9.17) is 5.11 Å². The maximum absolute atomic E-state index is 12.1. The smallest absolute Gasteiger partial charge is 0.305 e. The maximum Gasteiger partial charge on any atom is 0.305 e. The fraction of sp³-hybridized carbons (Fsp3) is 0.455. The molecule has 0 saturated carbocycles. The van der Waals surface area contributed by atoms with E-state index in [1.807, 2.05) is 0 Å². The molecule has 1 aromatic heterocycles. The predicted molar refractivity (Wildman–Crippen MR) is 65.9 cm³/mol. The number of nitro groups is 1. The van der Waals surface area contributed by atoms with Gasteiger partial charge in [0.15, 0.2) is 0 Å². The number of aromatic nitrogens is 1. The third kappa shape index (κ3) is 3.54. The van der Waals surface area contributed by atoms with Crippen LogP contribution in [0.3, 0.4) is 0 Å². The van der Waals surface area contributed by atoms with Crippen LogP contribution >= 0.6 is 0 Å². The highest BCUT2D eigenvalue weighted by Gasteiger charge is 2.21. The van der Waals surface area contributed by atoms with Crippen molar-refractivity contribution in [3.63, 3.8) is 0 Å². The molecule has 1 rings (SSSR count). The van der Waals surface area contributed by atoms with E-state index >= 15 is 0 Å². The normalized spacial score (nSPS) is 10.2. The molecule has 0 bridgehead atoms. The molecule has 1 aromatic rings. The zero-order valence-corrected chi connectivity index (χ0v) is 10.7.